The Labute approximate surface area is 79.4 Å². The zero-order valence-electron chi connectivity index (χ0n) is 8.41. The Morgan fingerprint density at radius 3 is 2.31 bits per heavy atom. The first-order chi connectivity index (χ1) is 6.26. The second-order valence-corrected chi connectivity index (χ2v) is 4.17. The fraction of sp³-hybridized carbons (Fsp3) is 1.00. The maximum atomic E-state index is 5.69. The average Bonchev–Trinajstić information content (AvgIpc) is 2.14. The van der Waals surface area contributed by atoms with Crippen molar-refractivity contribution in [3.05, 3.63) is 0 Å². The van der Waals surface area contributed by atoms with Crippen LogP contribution in [0, 0.1) is 11.8 Å². The molecule has 1 atom stereocenters. The molecular weight excluding hydrogens is 168 g/mol. The van der Waals surface area contributed by atoms with Gasteiger partial charge in [-0.15, -0.1) is 0 Å². The highest BCUT2D eigenvalue weighted by atomic mass is 16.8. The summed E-state index contributed by atoms with van der Waals surface area (Å²) in [6.45, 7) is 7.35. The van der Waals surface area contributed by atoms with Crippen LogP contribution in [0.25, 0.3) is 0 Å². The van der Waals surface area contributed by atoms with E-state index in [2.05, 4.69) is 13.8 Å². The molecule has 76 valence electrons. The topological polar surface area (TPSA) is 27.7 Å². The Morgan fingerprint density at radius 1 is 1.31 bits per heavy atom. The molecule has 2 aliphatic rings. The minimum absolute atomic E-state index is 0.357. The van der Waals surface area contributed by atoms with Gasteiger partial charge in [-0.2, -0.15) is 0 Å². The van der Waals surface area contributed by atoms with Crippen molar-refractivity contribution in [1.82, 2.24) is 0 Å². The summed E-state index contributed by atoms with van der Waals surface area (Å²) >= 11 is 0. The van der Waals surface area contributed by atoms with E-state index in [1.807, 2.05) is 0 Å². The van der Waals surface area contributed by atoms with Gasteiger partial charge >= 0.3 is 0 Å². The van der Waals surface area contributed by atoms with Crippen LogP contribution in [0.5, 0.6) is 0 Å². The summed E-state index contributed by atoms with van der Waals surface area (Å²) in [4.78, 5) is 0. The smallest absolute Gasteiger partial charge is 0.216 e. The predicted molar refractivity (Wildman–Crippen MR) is 48.4 cm³/mol. The van der Waals surface area contributed by atoms with E-state index in [4.69, 9.17) is 14.2 Å². The maximum absolute atomic E-state index is 5.69. The Morgan fingerprint density at radius 2 is 1.92 bits per heavy atom. The molecule has 2 fully saturated rings. The third kappa shape index (κ3) is 1.73. The molecule has 2 saturated heterocycles. The first-order valence-corrected chi connectivity index (χ1v) is 5.11. The first kappa shape index (κ1) is 9.44. The lowest BCUT2D eigenvalue weighted by molar-refractivity contribution is -0.372. The van der Waals surface area contributed by atoms with Gasteiger partial charge in [-0.1, -0.05) is 20.3 Å². The molecule has 0 amide bonds. The molecule has 1 unspecified atom stereocenters. The van der Waals surface area contributed by atoms with Crippen LogP contribution in [0.3, 0.4) is 0 Å². The number of hydrogen-bond acceptors (Lipinski definition) is 3. The molecule has 0 aromatic carbocycles. The summed E-state index contributed by atoms with van der Waals surface area (Å²) in [5.74, 6) is 0.902. The zero-order chi connectivity index (χ0) is 9.31. The van der Waals surface area contributed by atoms with E-state index in [9.17, 15) is 0 Å². The van der Waals surface area contributed by atoms with Gasteiger partial charge < -0.3 is 14.2 Å². The van der Waals surface area contributed by atoms with Crippen LogP contribution in [-0.4, -0.2) is 32.2 Å². The number of ether oxygens (including phenoxy) is 3. The van der Waals surface area contributed by atoms with Crippen LogP contribution in [-0.2, 0) is 14.2 Å². The van der Waals surface area contributed by atoms with Gasteiger partial charge in [0.1, 0.15) is 13.2 Å². The second-order valence-electron chi connectivity index (χ2n) is 4.17. The highest BCUT2D eigenvalue weighted by Crippen LogP contribution is 2.31. The molecule has 2 heterocycles. The van der Waals surface area contributed by atoms with E-state index in [1.54, 1.807) is 0 Å². The van der Waals surface area contributed by atoms with Gasteiger partial charge in [0.2, 0.25) is 5.79 Å². The number of hydrogen-bond donors (Lipinski definition) is 0. The standard InChI is InChI=1S/C10H18O3/c1-3-8(2)9-4-12-10(13-5-9)6-11-7-10/h8-9H,3-7H2,1-2H3. The molecule has 3 heteroatoms. The number of rotatable bonds is 2. The molecule has 0 bridgehead atoms. The van der Waals surface area contributed by atoms with Crippen LogP contribution in [0.1, 0.15) is 20.3 Å². The SMILES string of the molecule is CCC(C)C1COC2(COC2)OC1. The third-order valence-electron chi connectivity index (χ3n) is 3.21. The summed E-state index contributed by atoms with van der Waals surface area (Å²) in [7, 11) is 0. The molecule has 2 rings (SSSR count). The van der Waals surface area contributed by atoms with Gasteiger partial charge in [0.25, 0.3) is 0 Å². The molecule has 1 spiro atoms. The average molecular weight is 186 g/mol. The summed E-state index contributed by atoms with van der Waals surface area (Å²) in [5.41, 5.74) is 0. The lowest BCUT2D eigenvalue weighted by atomic mass is 9.92. The summed E-state index contributed by atoms with van der Waals surface area (Å²) in [6, 6.07) is 0. The van der Waals surface area contributed by atoms with Gasteiger partial charge in [0.15, 0.2) is 0 Å². The molecular formula is C10H18O3. The predicted octanol–water partition coefficient (Wildman–Crippen LogP) is 1.42. The van der Waals surface area contributed by atoms with Crippen LogP contribution in [0.15, 0.2) is 0 Å². The van der Waals surface area contributed by atoms with Gasteiger partial charge in [0.05, 0.1) is 13.2 Å². The molecule has 0 aliphatic carbocycles. The van der Waals surface area contributed by atoms with Crippen molar-refractivity contribution in [2.24, 2.45) is 11.8 Å². The van der Waals surface area contributed by atoms with E-state index in [0.29, 0.717) is 25.0 Å². The summed E-state index contributed by atoms with van der Waals surface area (Å²) < 4.78 is 16.5. The lowest BCUT2D eigenvalue weighted by Gasteiger charge is -2.46. The normalized spacial score (nSPS) is 30.0. The van der Waals surface area contributed by atoms with Crippen molar-refractivity contribution in [2.75, 3.05) is 26.4 Å². The molecule has 0 aromatic rings. The van der Waals surface area contributed by atoms with E-state index in [-0.39, 0.29) is 5.79 Å². The molecule has 2 aliphatic heterocycles. The van der Waals surface area contributed by atoms with Crippen molar-refractivity contribution in [3.63, 3.8) is 0 Å². The largest absolute Gasteiger partial charge is 0.370 e. The quantitative estimate of drug-likeness (QED) is 0.652. The minimum Gasteiger partial charge on any atom is -0.370 e. The van der Waals surface area contributed by atoms with E-state index < -0.39 is 0 Å². The Bertz CT molecular complexity index is 167. The zero-order valence-corrected chi connectivity index (χ0v) is 8.41. The van der Waals surface area contributed by atoms with Crippen molar-refractivity contribution in [1.29, 1.82) is 0 Å². The minimum atomic E-state index is -0.357. The summed E-state index contributed by atoms with van der Waals surface area (Å²) in [5, 5.41) is 0. The van der Waals surface area contributed by atoms with Gasteiger partial charge in [-0.05, 0) is 5.92 Å². The molecule has 13 heavy (non-hydrogen) atoms. The fourth-order valence-corrected chi connectivity index (χ4v) is 1.70. The van der Waals surface area contributed by atoms with Gasteiger partial charge in [-0.3, -0.25) is 0 Å². The molecule has 0 N–H and O–H groups in total. The fourth-order valence-electron chi connectivity index (χ4n) is 1.70. The highest BCUT2D eigenvalue weighted by Gasteiger charge is 2.45. The van der Waals surface area contributed by atoms with Gasteiger partial charge in [0, 0.05) is 5.92 Å². The Kier molecular flexibility index (Phi) is 2.58. The van der Waals surface area contributed by atoms with Crippen LogP contribution >= 0.6 is 0 Å². The Balaban J connectivity index is 1.82. The molecule has 0 radical (unpaired) electrons. The lowest BCUT2D eigenvalue weighted by Crippen LogP contribution is -2.58. The van der Waals surface area contributed by atoms with Gasteiger partial charge in [-0.25, -0.2) is 0 Å². The van der Waals surface area contributed by atoms with E-state index in [0.717, 1.165) is 13.2 Å². The molecule has 0 saturated carbocycles. The second kappa shape index (κ2) is 3.56. The highest BCUT2D eigenvalue weighted by molar-refractivity contribution is 4.82. The monoisotopic (exact) mass is 186 g/mol. The maximum Gasteiger partial charge on any atom is 0.216 e. The van der Waals surface area contributed by atoms with E-state index in [1.165, 1.54) is 6.42 Å². The van der Waals surface area contributed by atoms with Crippen molar-refractivity contribution >= 4 is 0 Å². The third-order valence-corrected chi connectivity index (χ3v) is 3.21. The molecule has 3 nitrogen and oxygen atoms in total. The Hall–Kier alpha value is -0.120. The van der Waals surface area contributed by atoms with Crippen LogP contribution in [0.4, 0.5) is 0 Å². The van der Waals surface area contributed by atoms with Crippen LogP contribution in [0.2, 0.25) is 0 Å². The van der Waals surface area contributed by atoms with Crippen molar-refractivity contribution in [2.45, 2.75) is 26.1 Å². The molecule has 0 aromatic heterocycles. The summed E-state index contributed by atoms with van der Waals surface area (Å²) in [6.07, 6.45) is 1.20. The van der Waals surface area contributed by atoms with Crippen LogP contribution < -0.4 is 0 Å². The van der Waals surface area contributed by atoms with Crippen molar-refractivity contribution < 1.29 is 14.2 Å². The first-order valence-electron chi connectivity index (χ1n) is 5.11. The van der Waals surface area contributed by atoms with E-state index >= 15 is 0 Å². The van der Waals surface area contributed by atoms with Crippen molar-refractivity contribution in [3.8, 4) is 0 Å².